The quantitative estimate of drug-likeness (QED) is 0.796. The predicted octanol–water partition coefficient (Wildman–Crippen LogP) is 4.76. The Morgan fingerprint density at radius 3 is 2.59 bits per heavy atom. The van der Waals surface area contributed by atoms with Crippen molar-refractivity contribution in [2.24, 2.45) is 0 Å². The average Bonchev–Trinajstić information content (AvgIpc) is 2.76. The van der Waals surface area contributed by atoms with Crippen molar-refractivity contribution >= 4 is 0 Å². The van der Waals surface area contributed by atoms with Gasteiger partial charge in [-0.15, -0.1) is 13.2 Å². The summed E-state index contributed by atoms with van der Waals surface area (Å²) in [4.78, 5) is 0. The third-order valence-electron chi connectivity index (χ3n) is 3.17. The van der Waals surface area contributed by atoms with E-state index in [1.54, 1.807) is 6.07 Å². The molecule has 0 saturated carbocycles. The molecule has 22 heavy (non-hydrogen) atoms. The number of ether oxygens (including phenoxy) is 1. The van der Waals surface area contributed by atoms with Crippen LogP contribution in [0, 0.1) is 12.8 Å². The summed E-state index contributed by atoms with van der Waals surface area (Å²) in [5.41, 5.74) is 2.21. The van der Waals surface area contributed by atoms with E-state index >= 15 is 0 Å². The molecule has 0 aliphatic rings. The summed E-state index contributed by atoms with van der Waals surface area (Å²) in [5, 5.41) is 4.46. The zero-order valence-corrected chi connectivity index (χ0v) is 12.7. The molecule has 0 amide bonds. The zero-order valence-electron chi connectivity index (χ0n) is 12.7. The Labute approximate surface area is 127 Å². The fourth-order valence-electron chi connectivity index (χ4n) is 2.06. The third-order valence-corrected chi connectivity index (χ3v) is 3.17. The molecule has 3 nitrogen and oxygen atoms in total. The van der Waals surface area contributed by atoms with Gasteiger partial charge in [0.05, 0.1) is 5.69 Å². The van der Waals surface area contributed by atoms with Gasteiger partial charge in [-0.1, -0.05) is 26.0 Å². The first-order chi connectivity index (χ1) is 10.2. The summed E-state index contributed by atoms with van der Waals surface area (Å²) in [7, 11) is 0. The monoisotopic (exact) mass is 311 g/mol. The molecule has 0 saturated heterocycles. The summed E-state index contributed by atoms with van der Waals surface area (Å²) >= 11 is 0. The molecule has 1 radical (unpaired) electrons. The van der Waals surface area contributed by atoms with E-state index in [4.69, 9.17) is 0 Å². The normalized spacial score (nSPS) is 12.0. The summed E-state index contributed by atoms with van der Waals surface area (Å²) < 4.78 is 42.6. The van der Waals surface area contributed by atoms with Crippen molar-refractivity contribution in [3.05, 3.63) is 41.9 Å². The van der Waals surface area contributed by atoms with E-state index in [0.29, 0.717) is 11.3 Å². The number of hydrogen-bond acceptors (Lipinski definition) is 2. The number of halogens is 3. The minimum atomic E-state index is -4.69. The minimum Gasteiger partial charge on any atom is -0.406 e. The molecule has 0 fully saturated rings. The summed E-state index contributed by atoms with van der Waals surface area (Å²) in [6.45, 7) is 6.79. The van der Waals surface area contributed by atoms with Crippen LogP contribution in [0.1, 0.15) is 26.0 Å². The number of aryl methyl sites for hydroxylation is 2. The van der Waals surface area contributed by atoms with Crippen molar-refractivity contribution in [2.45, 2.75) is 40.1 Å². The van der Waals surface area contributed by atoms with E-state index in [9.17, 15) is 13.2 Å². The number of alkyl halides is 3. The van der Waals surface area contributed by atoms with Crippen molar-refractivity contribution in [1.82, 2.24) is 9.78 Å². The molecular weight excluding hydrogens is 293 g/mol. The second kappa shape index (κ2) is 6.42. The van der Waals surface area contributed by atoms with E-state index in [1.165, 1.54) is 24.1 Å². The lowest BCUT2D eigenvalue weighted by atomic mass is 10.1. The zero-order chi connectivity index (χ0) is 16.3. The van der Waals surface area contributed by atoms with Crippen LogP contribution in [0.25, 0.3) is 11.3 Å². The highest BCUT2D eigenvalue weighted by Crippen LogP contribution is 2.27. The number of hydrogen-bond donors (Lipinski definition) is 0. The molecule has 6 heteroatoms. The summed E-state index contributed by atoms with van der Waals surface area (Å²) in [6, 6.07) is 7.71. The van der Waals surface area contributed by atoms with Gasteiger partial charge in [-0.2, -0.15) is 5.10 Å². The van der Waals surface area contributed by atoms with E-state index in [0.717, 1.165) is 18.7 Å². The second-order valence-electron chi connectivity index (χ2n) is 5.43. The smallest absolute Gasteiger partial charge is 0.406 e. The third kappa shape index (κ3) is 4.51. The van der Waals surface area contributed by atoms with Crippen LogP contribution in [0.3, 0.4) is 0 Å². The largest absolute Gasteiger partial charge is 0.573 e. The highest BCUT2D eigenvalue weighted by molar-refractivity contribution is 5.61. The number of nitrogens with zero attached hydrogens (tertiary/aromatic N) is 2. The Bertz CT molecular complexity index is 633. The molecule has 0 bridgehead atoms. The molecule has 0 atom stereocenters. The number of benzene rings is 1. The lowest BCUT2D eigenvalue weighted by Gasteiger charge is -2.09. The first kappa shape index (κ1) is 16.4. The van der Waals surface area contributed by atoms with Gasteiger partial charge in [0.25, 0.3) is 0 Å². The lowest BCUT2D eigenvalue weighted by molar-refractivity contribution is -0.274. The van der Waals surface area contributed by atoms with E-state index in [-0.39, 0.29) is 5.75 Å². The van der Waals surface area contributed by atoms with Crippen LogP contribution in [0.4, 0.5) is 13.2 Å². The maximum Gasteiger partial charge on any atom is 0.573 e. The molecular formula is C16H18F3N2O. The van der Waals surface area contributed by atoms with E-state index in [2.05, 4.69) is 23.7 Å². The molecule has 0 aliphatic heterocycles. The Kier molecular flexibility index (Phi) is 4.78. The van der Waals surface area contributed by atoms with Gasteiger partial charge in [-0.3, -0.25) is 4.68 Å². The van der Waals surface area contributed by atoms with Crippen molar-refractivity contribution in [3.63, 3.8) is 0 Å². The Morgan fingerprint density at radius 1 is 1.23 bits per heavy atom. The van der Waals surface area contributed by atoms with Crippen LogP contribution in [0.5, 0.6) is 5.75 Å². The van der Waals surface area contributed by atoms with Crippen LogP contribution in [0.15, 0.2) is 30.3 Å². The number of rotatable bonds is 5. The summed E-state index contributed by atoms with van der Waals surface area (Å²) in [5.74, 6) is 1.06. The van der Waals surface area contributed by atoms with Gasteiger partial charge in [-0.25, -0.2) is 0 Å². The van der Waals surface area contributed by atoms with Gasteiger partial charge in [0.1, 0.15) is 5.75 Å². The van der Waals surface area contributed by atoms with Crippen molar-refractivity contribution in [1.29, 1.82) is 0 Å². The molecule has 119 valence electrons. The molecule has 0 unspecified atom stereocenters. The molecule has 0 aliphatic carbocycles. The number of aromatic nitrogens is 2. The van der Waals surface area contributed by atoms with Crippen LogP contribution >= 0.6 is 0 Å². The molecule has 2 rings (SSSR count). The first-order valence-electron chi connectivity index (χ1n) is 6.94. The average molecular weight is 311 g/mol. The van der Waals surface area contributed by atoms with Crippen molar-refractivity contribution < 1.29 is 17.9 Å². The Balaban J connectivity index is 2.21. The van der Waals surface area contributed by atoms with Crippen LogP contribution < -0.4 is 4.74 Å². The van der Waals surface area contributed by atoms with E-state index < -0.39 is 6.36 Å². The topological polar surface area (TPSA) is 27.1 Å². The van der Waals surface area contributed by atoms with Crippen LogP contribution in [-0.2, 0) is 6.54 Å². The van der Waals surface area contributed by atoms with E-state index in [1.807, 2.05) is 17.7 Å². The fourth-order valence-corrected chi connectivity index (χ4v) is 2.06. The van der Waals surface area contributed by atoms with Gasteiger partial charge in [0.15, 0.2) is 0 Å². The second-order valence-corrected chi connectivity index (χ2v) is 5.43. The molecule has 1 heterocycles. The minimum absolute atomic E-state index is 0.241. The summed E-state index contributed by atoms with van der Waals surface area (Å²) in [6.07, 6.45) is -3.78. The Morgan fingerprint density at radius 2 is 1.95 bits per heavy atom. The van der Waals surface area contributed by atoms with Gasteiger partial charge >= 0.3 is 6.36 Å². The highest BCUT2D eigenvalue weighted by Gasteiger charge is 2.31. The highest BCUT2D eigenvalue weighted by atomic mass is 19.4. The van der Waals surface area contributed by atoms with Gasteiger partial charge < -0.3 is 4.74 Å². The van der Waals surface area contributed by atoms with Crippen LogP contribution in [-0.4, -0.2) is 16.1 Å². The van der Waals surface area contributed by atoms with Gasteiger partial charge in [-0.05, 0) is 37.5 Å². The molecule has 0 spiro atoms. The fraction of sp³-hybridized carbons (Fsp3) is 0.375. The molecule has 2 aromatic rings. The van der Waals surface area contributed by atoms with Gasteiger partial charge in [0, 0.05) is 17.8 Å². The maximum atomic E-state index is 12.3. The molecule has 1 aromatic heterocycles. The van der Waals surface area contributed by atoms with Gasteiger partial charge in [0.2, 0.25) is 0 Å². The van der Waals surface area contributed by atoms with Crippen molar-refractivity contribution in [2.75, 3.05) is 0 Å². The van der Waals surface area contributed by atoms with Crippen LogP contribution in [0.2, 0.25) is 0 Å². The SMILES string of the molecule is C[C](C)CCn1nc(-c2cccc(OC(F)(F)F)c2)cc1C. The first-order valence-corrected chi connectivity index (χ1v) is 6.94. The standard InChI is InChI=1S/C16H18F3N2O/c1-11(2)7-8-21-12(3)9-15(20-21)13-5-4-6-14(10-13)22-16(17,18)19/h4-6,9-10H,7-8H2,1-3H3. The molecule has 0 N–H and O–H groups in total. The lowest BCUT2D eigenvalue weighted by Crippen LogP contribution is -2.17. The predicted molar refractivity (Wildman–Crippen MR) is 78.3 cm³/mol. The molecule has 1 aromatic carbocycles. The van der Waals surface area contributed by atoms with Crippen molar-refractivity contribution in [3.8, 4) is 17.0 Å². The maximum absolute atomic E-state index is 12.3. The Hall–Kier alpha value is -1.98.